The van der Waals surface area contributed by atoms with E-state index in [1.165, 1.54) is 0 Å². The van der Waals surface area contributed by atoms with Crippen molar-refractivity contribution >= 4 is 10.0 Å². The average Bonchev–Trinajstić information content (AvgIpc) is 2.11. The standard InChI is InChI=1S/C10H22N2O2S/c1-4-11-8-9(2)15(13,14)12-10(3)6-5-7-10/h9,11-12H,4-8H2,1-3H3. The van der Waals surface area contributed by atoms with Gasteiger partial charge in [-0.05, 0) is 39.7 Å². The molecule has 1 unspecified atom stereocenters. The zero-order chi connectivity index (χ0) is 11.5. The smallest absolute Gasteiger partial charge is 0.215 e. The minimum Gasteiger partial charge on any atom is -0.316 e. The van der Waals surface area contributed by atoms with Crippen LogP contribution in [-0.4, -0.2) is 32.3 Å². The third kappa shape index (κ3) is 3.43. The Labute approximate surface area is 92.9 Å². The maximum Gasteiger partial charge on any atom is 0.215 e. The van der Waals surface area contributed by atoms with E-state index in [0.717, 1.165) is 25.8 Å². The molecule has 0 aromatic rings. The SMILES string of the molecule is CCNCC(C)S(=O)(=O)NC1(C)CCC1. The summed E-state index contributed by atoms with van der Waals surface area (Å²) in [4.78, 5) is 0. The van der Waals surface area contributed by atoms with Crippen molar-refractivity contribution in [2.24, 2.45) is 0 Å². The molecular formula is C10H22N2O2S. The Hall–Kier alpha value is -0.130. The van der Waals surface area contributed by atoms with Gasteiger partial charge in [0.25, 0.3) is 0 Å². The normalized spacial score (nSPS) is 22.1. The van der Waals surface area contributed by atoms with Gasteiger partial charge in [0.2, 0.25) is 10.0 Å². The molecular weight excluding hydrogens is 212 g/mol. The number of hydrogen-bond acceptors (Lipinski definition) is 3. The third-order valence-corrected chi connectivity index (χ3v) is 5.06. The second kappa shape index (κ2) is 4.80. The zero-order valence-electron chi connectivity index (χ0n) is 9.84. The van der Waals surface area contributed by atoms with Crippen molar-refractivity contribution < 1.29 is 8.42 Å². The van der Waals surface area contributed by atoms with Crippen LogP contribution >= 0.6 is 0 Å². The Balaban J connectivity index is 2.50. The summed E-state index contributed by atoms with van der Waals surface area (Å²) in [5, 5.41) is 2.69. The summed E-state index contributed by atoms with van der Waals surface area (Å²) >= 11 is 0. The summed E-state index contributed by atoms with van der Waals surface area (Å²) in [5.41, 5.74) is -0.181. The lowest BCUT2D eigenvalue weighted by molar-refractivity contribution is 0.247. The summed E-state index contributed by atoms with van der Waals surface area (Å²) in [6, 6.07) is 0. The molecule has 0 aromatic carbocycles. The lowest BCUT2D eigenvalue weighted by atomic mass is 9.80. The highest BCUT2D eigenvalue weighted by Gasteiger charge is 2.37. The van der Waals surface area contributed by atoms with E-state index < -0.39 is 10.0 Å². The fourth-order valence-corrected chi connectivity index (χ4v) is 3.14. The van der Waals surface area contributed by atoms with Crippen LogP contribution in [0.5, 0.6) is 0 Å². The molecule has 5 heteroatoms. The Morgan fingerprint density at radius 2 is 2.00 bits per heavy atom. The van der Waals surface area contributed by atoms with E-state index in [0.29, 0.717) is 6.54 Å². The highest BCUT2D eigenvalue weighted by molar-refractivity contribution is 7.90. The molecule has 0 spiro atoms. The molecule has 0 bridgehead atoms. The van der Waals surface area contributed by atoms with E-state index in [2.05, 4.69) is 10.0 Å². The van der Waals surface area contributed by atoms with Gasteiger partial charge in [0.1, 0.15) is 0 Å². The van der Waals surface area contributed by atoms with Gasteiger partial charge in [-0.25, -0.2) is 13.1 Å². The van der Waals surface area contributed by atoms with Crippen LogP contribution in [0.15, 0.2) is 0 Å². The van der Waals surface area contributed by atoms with Gasteiger partial charge in [-0.15, -0.1) is 0 Å². The van der Waals surface area contributed by atoms with Crippen LogP contribution in [0.2, 0.25) is 0 Å². The van der Waals surface area contributed by atoms with E-state index in [9.17, 15) is 8.42 Å². The predicted molar refractivity (Wildman–Crippen MR) is 62.3 cm³/mol. The Morgan fingerprint density at radius 1 is 1.40 bits per heavy atom. The molecule has 0 heterocycles. The van der Waals surface area contributed by atoms with Crippen molar-refractivity contribution in [3.63, 3.8) is 0 Å². The van der Waals surface area contributed by atoms with Gasteiger partial charge in [0.05, 0.1) is 5.25 Å². The summed E-state index contributed by atoms with van der Waals surface area (Å²) in [7, 11) is -3.16. The molecule has 1 fully saturated rings. The van der Waals surface area contributed by atoms with Crippen molar-refractivity contribution in [1.82, 2.24) is 10.0 Å². The molecule has 1 atom stereocenters. The summed E-state index contributed by atoms with van der Waals surface area (Å²) in [5.74, 6) is 0. The fourth-order valence-electron chi connectivity index (χ4n) is 1.71. The van der Waals surface area contributed by atoms with Crippen molar-refractivity contribution in [3.05, 3.63) is 0 Å². The summed E-state index contributed by atoms with van der Waals surface area (Å²) in [6.45, 7) is 7.01. The molecule has 0 amide bonds. The Bertz CT molecular complexity index is 297. The quantitative estimate of drug-likeness (QED) is 0.716. The summed E-state index contributed by atoms with van der Waals surface area (Å²) < 4.78 is 26.6. The highest BCUT2D eigenvalue weighted by atomic mass is 32.2. The van der Waals surface area contributed by atoms with Gasteiger partial charge < -0.3 is 5.32 Å². The van der Waals surface area contributed by atoms with Gasteiger partial charge in [-0.1, -0.05) is 6.92 Å². The number of hydrogen-bond donors (Lipinski definition) is 2. The maximum absolute atomic E-state index is 11.9. The molecule has 1 aliphatic carbocycles. The Morgan fingerprint density at radius 3 is 2.40 bits per heavy atom. The van der Waals surface area contributed by atoms with Crippen LogP contribution in [0.1, 0.15) is 40.0 Å². The molecule has 0 saturated heterocycles. The van der Waals surface area contributed by atoms with Crippen molar-refractivity contribution in [1.29, 1.82) is 0 Å². The molecule has 0 aliphatic heterocycles. The lowest BCUT2D eigenvalue weighted by Gasteiger charge is -2.39. The molecule has 1 saturated carbocycles. The lowest BCUT2D eigenvalue weighted by Crippen LogP contribution is -2.54. The van der Waals surface area contributed by atoms with Gasteiger partial charge in [0, 0.05) is 12.1 Å². The monoisotopic (exact) mass is 234 g/mol. The third-order valence-electron chi connectivity index (χ3n) is 3.06. The molecule has 2 N–H and O–H groups in total. The van der Waals surface area contributed by atoms with Gasteiger partial charge >= 0.3 is 0 Å². The fraction of sp³-hybridized carbons (Fsp3) is 1.00. The van der Waals surface area contributed by atoms with Crippen LogP contribution in [0.4, 0.5) is 0 Å². The maximum atomic E-state index is 11.9. The van der Waals surface area contributed by atoms with E-state index in [1.807, 2.05) is 13.8 Å². The second-order valence-electron chi connectivity index (χ2n) is 4.68. The number of rotatable bonds is 6. The van der Waals surface area contributed by atoms with Crippen LogP contribution < -0.4 is 10.0 Å². The van der Waals surface area contributed by atoms with Crippen LogP contribution in [-0.2, 0) is 10.0 Å². The molecule has 1 aliphatic rings. The molecule has 0 radical (unpaired) electrons. The average molecular weight is 234 g/mol. The minimum atomic E-state index is -3.16. The van der Waals surface area contributed by atoms with Crippen LogP contribution in [0.25, 0.3) is 0 Å². The molecule has 15 heavy (non-hydrogen) atoms. The number of nitrogens with one attached hydrogen (secondary N) is 2. The highest BCUT2D eigenvalue weighted by Crippen LogP contribution is 2.31. The van der Waals surface area contributed by atoms with Gasteiger partial charge in [0.15, 0.2) is 0 Å². The first-order valence-electron chi connectivity index (χ1n) is 5.63. The molecule has 90 valence electrons. The first-order valence-corrected chi connectivity index (χ1v) is 7.18. The predicted octanol–water partition coefficient (Wildman–Crippen LogP) is 0.846. The summed E-state index contributed by atoms with van der Waals surface area (Å²) in [6.07, 6.45) is 3.04. The topological polar surface area (TPSA) is 58.2 Å². The van der Waals surface area contributed by atoms with E-state index in [4.69, 9.17) is 0 Å². The zero-order valence-corrected chi connectivity index (χ0v) is 10.7. The molecule has 4 nitrogen and oxygen atoms in total. The van der Waals surface area contributed by atoms with Crippen molar-refractivity contribution in [2.45, 2.75) is 50.8 Å². The minimum absolute atomic E-state index is 0.181. The first kappa shape index (κ1) is 12.9. The van der Waals surface area contributed by atoms with Crippen molar-refractivity contribution in [2.75, 3.05) is 13.1 Å². The van der Waals surface area contributed by atoms with Gasteiger partial charge in [-0.3, -0.25) is 0 Å². The Kier molecular flexibility index (Phi) is 4.14. The van der Waals surface area contributed by atoms with Gasteiger partial charge in [-0.2, -0.15) is 0 Å². The first-order chi connectivity index (χ1) is 6.90. The van der Waals surface area contributed by atoms with E-state index >= 15 is 0 Å². The van der Waals surface area contributed by atoms with Crippen molar-refractivity contribution in [3.8, 4) is 0 Å². The number of sulfonamides is 1. The second-order valence-corrected chi connectivity index (χ2v) is 6.78. The molecule has 1 rings (SSSR count). The van der Waals surface area contributed by atoms with Crippen LogP contribution in [0, 0.1) is 0 Å². The van der Waals surface area contributed by atoms with E-state index in [1.54, 1.807) is 6.92 Å². The van der Waals surface area contributed by atoms with Crippen LogP contribution in [0.3, 0.4) is 0 Å². The van der Waals surface area contributed by atoms with E-state index in [-0.39, 0.29) is 10.8 Å². The molecule has 0 aromatic heterocycles. The largest absolute Gasteiger partial charge is 0.316 e.